The molecule has 0 spiro atoms. The number of hydrogen-bond acceptors (Lipinski definition) is 7. The standard InChI is InChI=1S/C12H24N6O/c1-8(2)6-9(19)7-14-11-15-10(13-3)16-12(17-11)18(4)5/h8-9,19H,6-7H2,1-5H3,(H2,13,14,15,16,17). The van der Waals surface area contributed by atoms with Gasteiger partial charge in [0.1, 0.15) is 0 Å². The third kappa shape index (κ3) is 5.25. The van der Waals surface area contributed by atoms with Crippen molar-refractivity contribution in [2.75, 3.05) is 43.2 Å². The quantitative estimate of drug-likeness (QED) is 0.674. The minimum Gasteiger partial charge on any atom is -0.391 e. The molecule has 1 unspecified atom stereocenters. The predicted molar refractivity (Wildman–Crippen MR) is 77.7 cm³/mol. The van der Waals surface area contributed by atoms with Gasteiger partial charge in [-0.1, -0.05) is 13.8 Å². The van der Waals surface area contributed by atoms with Crippen LogP contribution in [0.4, 0.5) is 17.8 Å². The number of rotatable bonds is 7. The van der Waals surface area contributed by atoms with E-state index >= 15 is 0 Å². The van der Waals surface area contributed by atoms with E-state index in [0.717, 1.165) is 6.42 Å². The lowest BCUT2D eigenvalue weighted by Gasteiger charge is -2.16. The maximum atomic E-state index is 9.83. The Balaban J connectivity index is 2.69. The molecular weight excluding hydrogens is 244 g/mol. The fraction of sp³-hybridized carbons (Fsp3) is 0.750. The van der Waals surface area contributed by atoms with Crippen LogP contribution in [0, 0.1) is 5.92 Å². The van der Waals surface area contributed by atoms with Crippen LogP contribution in [0.1, 0.15) is 20.3 Å². The lowest BCUT2D eigenvalue weighted by Crippen LogP contribution is -2.23. The summed E-state index contributed by atoms with van der Waals surface area (Å²) in [5.41, 5.74) is 0. The van der Waals surface area contributed by atoms with Crippen LogP contribution in [0.25, 0.3) is 0 Å². The molecule has 1 rings (SSSR count). The van der Waals surface area contributed by atoms with Gasteiger partial charge in [0.2, 0.25) is 17.8 Å². The number of nitrogens with zero attached hydrogens (tertiary/aromatic N) is 4. The Morgan fingerprint density at radius 2 is 1.79 bits per heavy atom. The molecule has 0 aliphatic heterocycles. The molecule has 0 aliphatic carbocycles. The molecule has 0 amide bonds. The molecule has 1 heterocycles. The van der Waals surface area contributed by atoms with Crippen molar-refractivity contribution in [1.29, 1.82) is 0 Å². The third-order valence-electron chi connectivity index (χ3n) is 2.49. The largest absolute Gasteiger partial charge is 0.391 e. The summed E-state index contributed by atoms with van der Waals surface area (Å²) in [6.07, 6.45) is 0.343. The summed E-state index contributed by atoms with van der Waals surface area (Å²) < 4.78 is 0. The summed E-state index contributed by atoms with van der Waals surface area (Å²) in [6.45, 7) is 4.59. The van der Waals surface area contributed by atoms with E-state index in [2.05, 4.69) is 39.4 Å². The van der Waals surface area contributed by atoms with E-state index in [9.17, 15) is 5.11 Å². The first-order valence-corrected chi connectivity index (χ1v) is 6.45. The minimum atomic E-state index is -0.405. The first kappa shape index (κ1) is 15.4. The van der Waals surface area contributed by atoms with Crippen LogP contribution < -0.4 is 15.5 Å². The fourth-order valence-electron chi connectivity index (χ4n) is 1.59. The molecule has 0 aromatic carbocycles. The summed E-state index contributed by atoms with van der Waals surface area (Å²) in [5, 5.41) is 15.8. The number of nitrogens with one attached hydrogen (secondary N) is 2. The van der Waals surface area contributed by atoms with E-state index in [0.29, 0.717) is 30.3 Å². The average molecular weight is 268 g/mol. The molecule has 0 saturated heterocycles. The van der Waals surface area contributed by atoms with Crippen molar-refractivity contribution in [2.24, 2.45) is 5.92 Å². The van der Waals surface area contributed by atoms with Crippen LogP contribution in [0.5, 0.6) is 0 Å². The molecule has 0 saturated carbocycles. The first-order chi connectivity index (χ1) is 8.92. The zero-order valence-electron chi connectivity index (χ0n) is 12.3. The summed E-state index contributed by atoms with van der Waals surface area (Å²) in [4.78, 5) is 14.5. The molecule has 0 radical (unpaired) electrons. The van der Waals surface area contributed by atoms with Crippen LogP contribution >= 0.6 is 0 Å². The van der Waals surface area contributed by atoms with Crippen molar-refractivity contribution in [3.8, 4) is 0 Å². The highest BCUT2D eigenvalue weighted by atomic mass is 16.3. The second kappa shape index (κ2) is 7.08. The van der Waals surface area contributed by atoms with Gasteiger partial charge in [-0.15, -0.1) is 0 Å². The zero-order chi connectivity index (χ0) is 14.4. The van der Waals surface area contributed by atoms with E-state index in [1.165, 1.54) is 0 Å². The smallest absolute Gasteiger partial charge is 0.231 e. The highest BCUT2D eigenvalue weighted by Gasteiger charge is 2.10. The second-order valence-corrected chi connectivity index (χ2v) is 5.09. The Morgan fingerprint density at radius 1 is 1.16 bits per heavy atom. The normalized spacial score (nSPS) is 12.4. The second-order valence-electron chi connectivity index (χ2n) is 5.09. The highest BCUT2D eigenvalue weighted by Crippen LogP contribution is 2.11. The number of anilines is 3. The van der Waals surface area contributed by atoms with E-state index in [1.807, 2.05) is 14.1 Å². The van der Waals surface area contributed by atoms with Gasteiger partial charge in [-0.05, 0) is 12.3 Å². The van der Waals surface area contributed by atoms with Crippen LogP contribution in [-0.4, -0.2) is 53.9 Å². The number of aliphatic hydroxyl groups is 1. The summed E-state index contributed by atoms with van der Waals surface area (Å²) in [7, 11) is 5.49. The number of aliphatic hydroxyl groups excluding tert-OH is 1. The van der Waals surface area contributed by atoms with Gasteiger partial charge in [0.05, 0.1) is 6.10 Å². The molecule has 0 bridgehead atoms. The molecule has 0 fully saturated rings. The molecule has 108 valence electrons. The summed E-state index contributed by atoms with van der Waals surface area (Å²) in [6, 6.07) is 0. The van der Waals surface area contributed by atoms with Crippen LogP contribution in [0.2, 0.25) is 0 Å². The molecule has 1 aromatic heterocycles. The van der Waals surface area contributed by atoms with Crippen LogP contribution in [0.15, 0.2) is 0 Å². The van der Waals surface area contributed by atoms with Gasteiger partial charge < -0.3 is 20.6 Å². The van der Waals surface area contributed by atoms with Gasteiger partial charge in [-0.25, -0.2) is 0 Å². The van der Waals surface area contributed by atoms with Crippen molar-refractivity contribution in [1.82, 2.24) is 15.0 Å². The summed E-state index contributed by atoms with van der Waals surface area (Å²) >= 11 is 0. The molecule has 3 N–H and O–H groups in total. The zero-order valence-corrected chi connectivity index (χ0v) is 12.3. The van der Waals surface area contributed by atoms with Crippen molar-refractivity contribution < 1.29 is 5.11 Å². The monoisotopic (exact) mass is 268 g/mol. The topological polar surface area (TPSA) is 86.2 Å². The van der Waals surface area contributed by atoms with Crippen molar-refractivity contribution in [3.05, 3.63) is 0 Å². The Morgan fingerprint density at radius 3 is 2.32 bits per heavy atom. The minimum absolute atomic E-state index is 0.405. The van der Waals surface area contributed by atoms with E-state index in [1.54, 1.807) is 11.9 Å². The Hall–Kier alpha value is -1.63. The number of aromatic nitrogens is 3. The van der Waals surface area contributed by atoms with Gasteiger partial charge in [-0.3, -0.25) is 0 Å². The molecule has 7 nitrogen and oxygen atoms in total. The molecule has 19 heavy (non-hydrogen) atoms. The maximum Gasteiger partial charge on any atom is 0.231 e. The predicted octanol–water partition coefficient (Wildman–Crippen LogP) is 0.798. The molecular formula is C12H24N6O. The first-order valence-electron chi connectivity index (χ1n) is 6.45. The lowest BCUT2D eigenvalue weighted by molar-refractivity contribution is 0.161. The van der Waals surface area contributed by atoms with Gasteiger partial charge >= 0.3 is 0 Å². The Bertz CT molecular complexity index is 396. The van der Waals surface area contributed by atoms with Gasteiger partial charge in [0.15, 0.2) is 0 Å². The third-order valence-corrected chi connectivity index (χ3v) is 2.49. The average Bonchev–Trinajstić information content (AvgIpc) is 2.35. The van der Waals surface area contributed by atoms with Gasteiger partial charge in [-0.2, -0.15) is 15.0 Å². The van der Waals surface area contributed by atoms with E-state index in [-0.39, 0.29) is 0 Å². The molecule has 1 aromatic rings. The molecule has 1 atom stereocenters. The van der Waals surface area contributed by atoms with Crippen molar-refractivity contribution >= 4 is 17.8 Å². The number of hydrogen-bond donors (Lipinski definition) is 3. The van der Waals surface area contributed by atoms with Gasteiger partial charge in [0, 0.05) is 27.7 Å². The van der Waals surface area contributed by atoms with E-state index in [4.69, 9.17) is 0 Å². The fourth-order valence-corrected chi connectivity index (χ4v) is 1.59. The van der Waals surface area contributed by atoms with Crippen molar-refractivity contribution in [2.45, 2.75) is 26.4 Å². The van der Waals surface area contributed by atoms with Crippen LogP contribution in [0.3, 0.4) is 0 Å². The van der Waals surface area contributed by atoms with E-state index < -0.39 is 6.10 Å². The highest BCUT2D eigenvalue weighted by molar-refractivity contribution is 5.42. The molecule has 0 aliphatic rings. The molecule has 7 heteroatoms. The Labute approximate surface area is 114 Å². The van der Waals surface area contributed by atoms with Gasteiger partial charge in [0.25, 0.3) is 0 Å². The summed E-state index contributed by atoms with van der Waals surface area (Å²) in [5.74, 6) is 1.99. The lowest BCUT2D eigenvalue weighted by atomic mass is 10.1. The van der Waals surface area contributed by atoms with Crippen LogP contribution in [-0.2, 0) is 0 Å². The van der Waals surface area contributed by atoms with Crippen molar-refractivity contribution in [3.63, 3.8) is 0 Å². The SMILES string of the molecule is CNc1nc(NCC(O)CC(C)C)nc(N(C)C)n1. The maximum absolute atomic E-state index is 9.83. The Kier molecular flexibility index (Phi) is 5.75.